The smallest absolute Gasteiger partial charge is 0.312 e. The van der Waals surface area contributed by atoms with E-state index in [2.05, 4.69) is 10.3 Å². The number of aliphatic carboxylic acids is 1. The van der Waals surface area contributed by atoms with Crippen LogP contribution >= 0.6 is 11.3 Å². The molecule has 1 unspecified atom stereocenters. The Hall–Kier alpha value is -1.10. The Bertz CT molecular complexity index is 466. The first-order valence-electron chi connectivity index (χ1n) is 7.20. The molecule has 0 spiro atoms. The highest BCUT2D eigenvalue weighted by molar-refractivity contribution is 7.15. The van der Waals surface area contributed by atoms with Gasteiger partial charge in [0.25, 0.3) is 0 Å². The fourth-order valence-electron chi connectivity index (χ4n) is 3.23. The molecule has 0 aliphatic heterocycles. The van der Waals surface area contributed by atoms with E-state index in [0.29, 0.717) is 6.42 Å². The number of hydrogen-bond donors (Lipinski definition) is 2. The van der Waals surface area contributed by atoms with Gasteiger partial charge in [0.15, 0.2) is 5.13 Å². The van der Waals surface area contributed by atoms with E-state index in [1.54, 1.807) is 11.3 Å². The molecule has 3 rings (SSSR count). The predicted octanol–water partition coefficient (Wildman–Crippen LogP) is 3.25. The molecule has 1 aromatic rings. The SMILES string of the molecule is O=C(O)C1CCc2sc(NCCC3CCCC3)nc21. The van der Waals surface area contributed by atoms with Crippen molar-refractivity contribution in [3.63, 3.8) is 0 Å². The highest BCUT2D eigenvalue weighted by Crippen LogP contribution is 2.38. The lowest BCUT2D eigenvalue weighted by molar-refractivity contribution is -0.138. The van der Waals surface area contributed by atoms with Gasteiger partial charge in [0.2, 0.25) is 0 Å². The number of nitrogens with one attached hydrogen (secondary N) is 1. The number of thiazole rings is 1. The molecule has 2 aliphatic carbocycles. The summed E-state index contributed by atoms with van der Waals surface area (Å²) in [5.41, 5.74) is 0.806. The molecule has 4 nitrogen and oxygen atoms in total. The summed E-state index contributed by atoms with van der Waals surface area (Å²) in [5, 5.41) is 13.4. The first kappa shape index (κ1) is 12.9. The van der Waals surface area contributed by atoms with Crippen molar-refractivity contribution >= 4 is 22.4 Å². The Kier molecular flexibility index (Phi) is 3.73. The molecular formula is C14H20N2O2S. The van der Waals surface area contributed by atoms with Gasteiger partial charge in [-0.25, -0.2) is 4.98 Å². The zero-order valence-corrected chi connectivity index (χ0v) is 11.8. The van der Waals surface area contributed by atoms with Crippen LogP contribution in [0.3, 0.4) is 0 Å². The molecule has 1 heterocycles. The second kappa shape index (κ2) is 5.49. The molecular weight excluding hydrogens is 260 g/mol. The van der Waals surface area contributed by atoms with E-state index in [9.17, 15) is 4.79 Å². The van der Waals surface area contributed by atoms with Crippen LogP contribution in [0.4, 0.5) is 5.13 Å². The molecule has 2 aliphatic rings. The van der Waals surface area contributed by atoms with Gasteiger partial charge in [-0.1, -0.05) is 25.7 Å². The number of nitrogens with zero attached hydrogens (tertiary/aromatic N) is 1. The number of rotatable bonds is 5. The zero-order valence-electron chi connectivity index (χ0n) is 11.0. The van der Waals surface area contributed by atoms with Crippen LogP contribution in [0.2, 0.25) is 0 Å². The van der Waals surface area contributed by atoms with Crippen LogP contribution < -0.4 is 5.32 Å². The van der Waals surface area contributed by atoms with Crippen LogP contribution in [0.25, 0.3) is 0 Å². The molecule has 1 atom stereocenters. The molecule has 0 radical (unpaired) electrons. The van der Waals surface area contributed by atoms with Gasteiger partial charge in [0, 0.05) is 11.4 Å². The van der Waals surface area contributed by atoms with Crippen molar-refractivity contribution < 1.29 is 9.90 Å². The first-order chi connectivity index (χ1) is 9.24. The number of hydrogen-bond acceptors (Lipinski definition) is 4. The summed E-state index contributed by atoms with van der Waals surface area (Å²) >= 11 is 1.64. The Morgan fingerprint density at radius 3 is 2.89 bits per heavy atom. The molecule has 19 heavy (non-hydrogen) atoms. The molecule has 104 valence electrons. The van der Waals surface area contributed by atoms with Crippen LogP contribution in [0.1, 0.15) is 55.0 Å². The maximum atomic E-state index is 11.1. The highest BCUT2D eigenvalue weighted by Gasteiger charge is 2.32. The van der Waals surface area contributed by atoms with Gasteiger partial charge < -0.3 is 10.4 Å². The summed E-state index contributed by atoms with van der Waals surface area (Å²) in [4.78, 5) is 16.8. The highest BCUT2D eigenvalue weighted by atomic mass is 32.1. The van der Waals surface area contributed by atoms with Gasteiger partial charge in [-0.05, 0) is 25.2 Å². The van der Waals surface area contributed by atoms with Crippen molar-refractivity contribution in [2.24, 2.45) is 5.92 Å². The third-order valence-electron chi connectivity index (χ3n) is 4.32. The molecule has 2 N–H and O–H groups in total. The second-order valence-electron chi connectivity index (χ2n) is 5.62. The second-order valence-corrected chi connectivity index (χ2v) is 6.71. The van der Waals surface area contributed by atoms with E-state index in [4.69, 9.17) is 5.11 Å². The van der Waals surface area contributed by atoms with Gasteiger partial charge in [-0.2, -0.15) is 0 Å². The summed E-state index contributed by atoms with van der Waals surface area (Å²) in [6.07, 6.45) is 8.31. The standard InChI is InChI=1S/C14H20N2O2S/c17-13(18)10-5-6-11-12(10)16-14(19-11)15-8-7-9-3-1-2-4-9/h9-10H,1-8H2,(H,15,16)(H,17,18). The lowest BCUT2D eigenvalue weighted by Crippen LogP contribution is -2.10. The van der Waals surface area contributed by atoms with E-state index >= 15 is 0 Å². The topological polar surface area (TPSA) is 62.2 Å². The van der Waals surface area contributed by atoms with Crippen LogP contribution in [0, 0.1) is 5.92 Å². The number of aryl methyl sites for hydroxylation is 1. The summed E-state index contributed by atoms with van der Waals surface area (Å²) in [6.45, 7) is 0.967. The number of carbonyl (C=O) groups is 1. The Balaban J connectivity index is 1.55. The number of carboxylic acid groups (broad SMARTS) is 1. The molecule has 1 fully saturated rings. The van der Waals surface area contributed by atoms with Crippen LogP contribution in [0.15, 0.2) is 0 Å². The van der Waals surface area contributed by atoms with Gasteiger partial charge in [-0.3, -0.25) is 4.79 Å². The largest absolute Gasteiger partial charge is 0.481 e. The van der Waals surface area contributed by atoms with E-state index in [1.165, 1.54) is 32.1 Å². The molecule has 0 aromatic carbocycles. The fourth-order valence-corrected chi connectivity index (χ4v) is 4.29. The number of carboxylic acids is 1. The number of fused-ring (bicyclic) bond motifs is 1. The molecule has 0 saturated heterocycles. The molecule has 1 aromatic heterocycles. The van der Waals surface area contributed by atoms with Crippen molar-refractivity contribution in [1.29, 1.82) is 0 Å². The minimum atomic E-state index is -0.735. The minimum absolute atomic E-state index is 0.378. The zero-order chi connectivity index (χ0) is 13.2. The van der Waals surface area contributed by atoms with E-state index < -0.39 is 5.97 Å². The maximum absolute atomic E-state index is 11.1. The van der Waals surface area contributed by atoms with Crippen LogP contribution in [-0.4, -0.2) is 22.6 Å². The normalized spacial score (nSPS) is 22.6. The average Bonchev–Trinajstić information content (AvgIpc) is 3.03. The van der Waals surface area contributed by atoms with Crippen molar-refractivity contribution in [3.05, 3.63) is 10.6 Å². The first-order valence-corrected chi connectivity index (χ1v) is 8.02. The van der Waals surface area contributed by atoms with Crippen molar-refractivity contribution in [3.8, 4) is 0 Å². The van der Waals surface area contributed by atoms with Gasteiger partial charge in [-0.15, -0.1) is 11.3 Å². The summed E-state index contributed by atoms with van der Waals surface area (Å²) < 4.78 is 0. The third-order valence-corrected chi connectivity index (χ3v) is 5.41. The van der Waals surface area contributed by atoms with Crippen molar-refractivity contribution in [1.82, 2.24) is 4.98 Å². The lowest BCUT2D eigenvalue weighted by atomic mass is 10.0. The molecule has 0 bridgehead atoms. The van der Waals surface area contributed by atoms with Crippen LogP contribution in [-0.2, 0) is 11.2 Å². The van der Waals surface area contributed by atoms with Crippen molar-refractivity contribution in [2.75, 3.05) is 11.9 Å². The minimum Gasteiger partial charge on any atom is -0.481 e. The van der Waals surface area contributed by atoms with E-state index in [1.807, 2.05) is 0 Å². The van der Waals surface area contributed by atoms with Gasteiger partial charge >= 0.3 is 5.97 Å². The quantitative estimate of drug-likeness (QED) is 0.869. The third kappa shape index (κ3) is 2.76. The van der Waals surface area contributed by atoms with E-state index in [-0.39, 0.29) is 5.92 Å². The summed E-state index contributed by atoms with van der Waals surface area (Å²) in [7, 11) is 0. The maximum Gasteiger partial charge on any atom is 0.312 e. The van der Waals surface area contributed by atoms with Crippen molar-refractivity contribution in [2.45, 2.75) is 50.9 Å². The fraction of sp³-hybridized carbons (Fsp3) is 0.714. The van der Waals surface area contributed by atoms with Crippen LogP contribution in [0.5, 0.6) is 0 Å². The summed E-state index contributed by atoms with van der Waals surface area (Å²) in [5.74, 6) is -0.232. The molecule has 0 amide bonds. The molecule has 5 heteroatoms. The van der Waals surface area contributed by atoms with Gasteiger partial charge in [0.1, 0.15) is 5.92 Å². The lowest BCUT2D eigenvalue weighted by Gasteiger charge is -2.08. The van der Waals surface area contributed by atoms with E-state index in [0.717, 1.165) is 34.6 Å². The monoisotopic (exact) mass is 280 g/mol. The number of aromatic nitrogens is 1. The Labute approximate surface area is 117 Å². The number of anilines is 1. The average molecular weight is 280 g/mol. The molecule has 1 saturated carbocycles. The van der Waals surface area contributed by atoms with Gasteiger partial charge in [0.05, 0.1) is 5.69 Å². The Morgan fingerprint density at radius 1 is 1.37 bits per heavy atom. The Morgan fingerprint density at radius 2 is 2.16 bits per heavy atom. The summed E-state index contributed by atoms with van der Waals surface area (Å²) in [6, 6.07) is 0. The predicted molar refractivity (Wildman–Crippen MR) is 75.9 cm³/mol.